The van der Waals surface area contributed by atoms with Gasteiger partial charge in [0.2, 0.25) is 0 Å². The number of rotatable bonds is 10. The van der Waals surface area contributed by atoms with Crippen molar-refractivity contribution in [2.24, 2.45) is 23.7 Å². The molecule has 158 valence electrons. The minimum absolute atomic E-state index is 0.747. The van der Waals surface area contributed by atoms with E-state index in [4.69, 9.17) is 4.74 Å². The van der Waals surface area contributed by atoms with Gasteiger partial charge in [-0.1, -0.05) is 52.4 Å². The molecule has 1 heterocycles. The minimum Gasteiger partial charge on any atom is -0.492 e. The van der Waals surface area contributed by atoms with Gasteiger partial charge in [-0.15, -0.1) is 0 Å². The number of aryl methyl sites for hydroxylation is 1. The van der Waals surface area contributed by atoms with E-state index in [1.54, 1.807) is 0 Å². The highest BCUT2D eigenvalue weighted by Gasteiger charge is 2.30. The zero-order valence-corrected chi connectivity index (χ0v) is 18.5. The molecule has 2 saturated carbocycles. The maximum Gasteiger partial charge on any atom is 0.137 e. The van der Waals surface area contributed by atoms with Crippen molar-refractivity contribution in [3.8, 4) is 5.75 Å². The first-order valence-corrected chi connectivity index (χ1v) is 12.4. The van der Waals surface area contributed by atoms with E-state index in [-0.39, 0.29) is 0 Å². The lowest BCUT2D eigenvalue weighted by Crippen LogP contribution is -2.27. The molecule has 0 N–H and O–H groups in total. The van der Waals surface area contributed by atoms with Crippen LogP contribution in [-0.2, 0) is 6.42 Å². The predicted molar refractivity (Wildman–Crippen MR) is 119 cm³/mol. The fourth-order valence-corrected chi connectivity index (χ4v) is 5.49. The number of pyridine rings is 1. The van der Waals surface area contributed by atoms with Crippen molar-refractivity contribution in [2.45, 2.75) is 104 Å². The first-order chi connectivity index (χ1) is 13.8. The third kappa shape index (κ3) is 6.78. The molecule has 28 heavy (non-hydrogen) atoms. The fourth-order valence-electron chi connectivity index (χ4n) is 5.49. The average Bonchev–Trinajstić information content (AvgIpc) is 2.76. The van der Waals surface area contributed by atoms with Crippen LogP contribution in [0.2, 0.25) is 0 Å². The summed E-state index contributed by atoms with van der Waals surface area (Å²) in [6.45, 7) is 5.51. The average molecular weight is 386 g/mol. The van der Waals surface area contributed by atoms with Gasteiger partial charge in [-0.25, -0.2) is 0 Å². The molecule has 0 bridgehead atoms. The van der Waals surface area contributed by atoms with Crippen LogP contribution >= 0.6 is 0 Å². The molecule has 1 aromatic heterocycles. The molecule has 0 radical (unpaired) electrons. The van der Waals surface area contributed by atoms with Crippen LogP contribution in [0.3, 0.4) is 0 Å². The first kappa shape index (κ1) is 21.7. The van der Waals surface area contributed by atoms with E-state index < -0.39 is 0 Å². The van der Waals surface area contributed by atoms with Gasteiger partial charge in [0.05, 0.1) is 12.8 Å². The second-order valence-electron chi connectivity index (χ2n) is 9.58. The highest BCUT2D eigenvalue weighted by atomic mass is 16.5. The van der Waals surface area contributed by atoms with Crippen LogP contribution in [-0.4, -0.2) is 11.6 Å². The molecule has 0 atom stereocenters. The molecule has 0 spiro atoms. The van der Waals surface area contributed by atoms with Gasteiger partial charge in [-0.2, -0.15) is 0 Å². The van der Waals surface area contributed by atoms with E-state index >= 15 is 0 Å². The number of nitrogens with zero attached hydrogens (tertiary/aromatic N) is 1. The van der Waals surface area contributed by atoms with Gasteiger partial charge in [0.25, 0.3) is 0 Å². The third-order valence-electron chi connectivity index (χ3n) is 7.60. The Morgan fingerprint density at radius 1 is 0.821 bits per heavy atom. The summed E-state index contributed by atoms with van der Waals surface area (Å²) in [7, 11) is 0. The summed E-state index contributed by atoms with van der Waals surface area (Å²) in [5.74, 6) is 4.76. The van der Waals surface area contributed by atoms with E-state index in [0.717, 1.165) is 42.4 Å². The zero-order valence-electron chi connectivity index (χ0n) is 18.5. The molecule has 0 saturated heterocycles. The van der Waals surface area contributed by atoms with Gasteiger partial charge >= 0.3 is 0 Å². The van der Waals surface area contributed by atoms with Crippen molar-refractivity contribution < 1.29 is 4.74 Å². The molecule has 2 aliphatic rings. The molecule has 2 heteroatoms. The van der Waals surface area contributed by atoms with Gasteiger partial charge < -0.3 is 4.74 Å². The Hall–Kier alpha value is -1.05. The molecule has 2 aliphatic carbocycles. The molecular formula is C26H43NO. The number of hydrogen-bond donors (Lipinski definition) is 0. The zero-order chi connectivity index (χ0) is 19.6. The van der Waals surface area contributed by atoms with Crippen LogP contribution < -0.4 is 4.74 Å². The monoisotopic (exact) mass is 385 g/mol. The van der Waals surface area contributed by atoms with Crippen LogP contribution in [0, 0.1) is 23.7 Å². The smallest absolute Gasteiger partial charge is 0.137 e. The van der Waals surface area contributed by atoms with Gasteiger partial charge in [0, 0.05) is 5.69 Å². The Balaban J connectivity index is 1.32. The fraction of sp³-hybridized carbons (Fsp3) is 0.808. The Bertz CT molecular complexity index is 524. The van der Waals surface area contributed by atoms with Crippen LogP contribution in [0.1, 0.15) is 103 Å². The van der Waals surface area contributed by atoms with Gasteiger partial charge in [0.1, 0.15) is 5.75 Å². The van der Waals surface area contributed by atoms with E-state index in [0.29, 0.717) is 0 Å². The second kappa shape index (κ2) is 11.8. The number of unbranched alkanes of at least 4 members (excludes halogenated alkanes) is 3. The molecule has 3 rings (SSSR count). The Kier molecular flexibility index (Phi) is 9.15. The molecule has 1 aromatic rings. The Morgan fingerprint density at radius 3 is 2.07 bits per heavy atom. The van der Waals surface area contributed by atoms with Crippen molar-refractivity contribution in [3.05, 3.63) is 24.0 Å². The van der Waals surface area contributed by atoms with Crippen LogP contribution in [0.15, 0.2) is 18.3 Å². The minimum atomic E-state index is 0.747. The number of aromatic nitrogens is 1. The molecule has 0 unspecified atom stereocenters. The van der Waals surface area contributed by atoms with Crippen LogP contribution in [0.4, 0.5) is 0 Å². The molecule has 0 aliphatic heterocycles. The van der Waals surface area contributed by atoms with Crippen molar-refractivity contribution in [1.29, 1.82) is 0 Å². The molecule has 2 fully saturated rings. The summed E-state index contributed by atoms with van der Waals surface area (Å²) in [5.41, 5.74) is 1.21. The highest BCUT2D eigenvalue weighted by molar-refractivity contribution is 5.20. The van der Waals surface area contributed by atoms with Gasteiger partial charge in [0.15, 0.2) is 0 Å². The summed E-state index contributed by atoms with van der Waals surface area (Å²) in [4.78, 5) is 4.60. The number of hydrogen-bond acceptors (Lipinski definition) is 2. The van der Waals surface area contributed by atoms with Gasteiger partial charge in [-0.05, 0) is 87.2 Å². The maximum atomic E-state index is 6.09. The summed E-state index contributed by atoms with van der Waals surface area (Å²) in [5, 5.41) is 0. The summed E-state index contributed by atoms with van der Waals surface area (Å²) in [6.07, 6.45) is 21.2. The maximum absolute atomic E-state index is 6.09. The van der Waals surface area contributed by atoms with E-state index in [1.807, 2.05) is 6.20 Å². The Labute approximate surface area is 173 Å². The summed E-state index contributed by atoms with van der Waals surface area (Å²) < 4.78 is 6.09. The molecule has 0 aromatic carbocycles. The standard InChI is InChI=1S/C26H43NO/c1-3-5-6-7-8-25-17-18-26(19-27-25)28-20-22-11-15-24(16-12-22)23-13-9-21(4-2)10-14-23/h17-19,21-24H,3-16,20H2,1-2H3. The van der Waals surface area contributed by atoms with Crippen LogP contribution in [0.5, 0.6) is 5.75 Å². The normalized spacial score (nSPS) is 28.2. The van der Waals surface area contributed by atoms with Crippen LogP contribution in [0.25, 0.3) is 0 Å². The Morgan fingerprint density at radius 2 is 1.50 bits per heavy atom. The largest absolute Gasteiger partial charge is 0.492 e. The SMILES string of the molecule is CCCCCCc1ccc(OCC2CCC(C3CCC(CC)CC3)CC2)cn1. The van der Waals surface area contributed by atoms with Crippen molar-refractivity contribution >= 4 is 0 Å². The number of ether oxygens (including phenoxy) is 1. The van der Waals surface area contributed by atoms with Crippen molar-refractivity contribution in [1.82, 2.24) is 4.98 Å². The van der Waals surface area contributed by atoms with E-state index in [2.05, 4.69) is 31.0 Å². The van der Waals surface area contributed by atoms with Gasteiger partial charge in [-0.3, -0.25) is 4.98 Å². The lowest BCUT2D eigenvalue weighted by atomic mass is 9.69. The molecular weight excluding hydrogens is 342 g/mol. The quantitative estimate of drug-likeness (QED) is 0.387. The summed E-state index contributed by atoms with van der Waals surface area (Å²) >= 11 is 0. The molecule has 0 amide bonds. The van der Waals surface area contributed by atoms with E-state index in [9.17, 15) is 0 Å². The van der Waals surface area contributed by atoms with Crippen molar-refractivity contribution in [2.75, 3.05) is 6.61 Å². The molecule has 2 nitrogen and oxygen atoms in total. The first-order valence-electron chi connectivity index (χ1n) is 12.4. The topological polar surface area (TPSA) is 22.1 Å². The lowest BCUT2D eigenvalue weighted by Gasteiger charge is -2.37. The predicted octanol–water partition coefficient (Wildman–Crippen LogP) is 7.61. The summed E-state index contributed by atoms with van der Waals surface area (Å²) in [6, 6.07) is 4.28. The third-order valence-corrected chi connectivity index (χ3v) is 7.60. The lowest BCUT2D eigenvalue weighted by molar-refractivity contribution is 0.123. The second-order valence-corrected chi connectivity index (χ2v) is 9.58. The van der Waals surface area contributed by atoms with E-state index in [1.165, 1.54) is 89.2 Å². The highest BCUT2D eigenvalue weighted by Crippen LogP contribution is 2.42. The van der Waals surface area contributed by atoms with Crippen molar-refractivity contribution in [3.63, 3.8) is 0 Å².